The van der Waals surface area contributed by atoms with Gasteiger partial charge in [-0.2, -0.15) is 4.98 Å². The zero-order valence-electron chi connectivity index (χ0n) is 10.8. The van der Waals surface area contributed by atoms with Crippen LogP contribution in [0.15, 0.2) is 28.8 Å². The molecule has 0 aliphatic rings. The highest BCUT2D eigenvalue weighted by molar-refractivity contribution is 5.96. The standard InChI is InChI=1S/C13H15N3O3/c1-3-18-11-7-5-4-6-10(11)13(17)14-8-12-15-9(2)19-16-12/h4-7H,3,8H2,1-2H3,(H,14,17). The summed E-state index contributed by atoms with van der Waals surface area (Å²) < 4.78 is 10.2. The SMILES string of the molecule is CCOc1ccccc1C(=O)NCc1noc(C)n1. The van der Waals surface area contributed by atoms with Crippen LogP contribution in [0.1, 0.15) is 29.0 Å². The first-order chi connectivity index (χ1) is 9.20. The molecule has 0 spiro atoms. The number of nitrogens with one attached hydrogen (secondary N) is 1. The zero-order chi connectivity index (χ0) is 13.7. The van der Waals surface area contributed by atoms with Gasteiger partial charge in [0.25, 0.3) is 5.91 Å². The molecule has 2 aromatic rings. The maximum Gasteiger partial charge on any atom is 0.255 e. The normalized spacial score (nSPS) is 10.2. The highest BCUT2D eigenvalue weighted by atomic mass is 16.5. The highest BCUT2D eigenvalue weighted by Crippen LogP contribution is 2.17. The molecular formula is C13H15N3O3. The number of aryl methyl sites for hydroxylation is 1. The molecule has 1 aromatic heterocycles. The van der Waals surface area contributed by atoms with Gasteiger partial charge in [0.05, 0.1) is 18.7 Å². The molecular weight excluding hydrogens is 246 g/mol. The second-order valence-electron chi connectivity index (χ2n) is 3.84. The molecule has 6 heteroatoms. The Balaban J connectivity index is 2.03. The van der Waals surface area contributed by atoms with Crippen molar-refractivity contribution < 1.29 is 14.1 Å². The molecule has 0 aliphatic carbocycles. The Morgan fingerprint density at radius 2 is 2.21 bits per heavy atom. The molecule has 1 aromatic carbocycles. The third-order valence-electron chi connectivity index (χ3n) is 2.41. The van der Waals surface area contributed by atoms with Gasteiger partial charge in [0.15, 0.2) is 5.82 Å². The molecule has 100 valence electrons. The van der Waals surface area contributed by atoms with E-state index >= 15 is 0 Å². The summed E-state index contributed by atoms with van der Waals surface area (Å²) in [6.45, 7) is 4.30. The second-order valence-corrected chi connectivity index (χ2v) is 3.84. The van der Waals surface area contributed by atoms with Crippen LogP contribution in [0.5, 0.6) is 5.75 Å². The number of hydrogen-bond donors (Lipinski definition) is 1. The lowest BCUT2D eigenvalue weighted by Gasteiger charge is -2.09. The lowest BCUT2D eigenvalue weighted by atomic mass is 10.2. The van der Waals surface area contributed by atoms with Crippen LogP contribution in [0.3, 0.4) is 0 Å². The van der Waals surface area contributed by atoms with E-state index in [4.69, 9.17) is 9.26 Å². The highest BCUT2D eigenvalue weighted by Gasteiger charge is 2.12. The Labute approximate surface area is 110 Å². The van der Waals surface area contributed by atoms with Gasteiger partial charge in [-0.05, 0) is 19.1 Å². The number of para-hydroxylation sites is 1. The van der Waals surface area contributed by atoms with Gasteiger partial charge < -0.3 is 14.6 Å². The number of hydrogen-bond acceptors (Lipinski definition) is 5. The Kier molecular flexibility index (Phi) is 4.12. The van der Waals surface area contributed by atoms with Gasteiger partial charge in [0.2, 0.25) is 5.89 Å². The maximum absolute atomic E-state index is 12.0. The fourth-order valence-electron chi connectivity index (χ4n) is 1.60. The number of aromatic nitrogens is 2. The number of rotatable bonds is 5. The van der Waals surface area contributed by atoms with Crippen LogP contribution in [-0.4, -0.2) is 22.7 Å². The van der Waals surface area contributed by atoms with Crippen molar-refractivity contribution in [3.8, 4) is 5.75 Å². The van der Waals surface area contributed by atoms with Crippen LogP contribution >= 0.6 is 0 Å². The minimum Gasteiger partial charge on any atom is -0.493 e. The summed E-state index contributed by atoms with van der Waals surface area (Å²) in [6.07, 6.45) is 0. The summed E-state index contributed by atoms with van der Waals surface area (Å²) in [7, 11) is 0. The summed E-state index contributed by atoms with van der Waals surface area (Å²) in [5.74, 6) is 1.25. The molecule has 0 saturated heterocycles. The molecule has 0 unspecified atom stereocenters. The molecule has 0 fully saturated rings. The zero-order valence-corrected chi connectivity index (χ0v) is 10.8. The van der Waals surface area contributed by atoms with Crippen molar-refractivity contribution in [1.82, 2.24) is 15.5 Å². The fraction of sp³-hybridized carbons (Fsp3) is 0.308. The number of amides is 1. The topological polar surface area (TPSA) is 77.2 Å². The minimum absolute atomic E-state index is 0.219. The van der Waals surface area contributed by atoms with Gasteiger partial charge >= 0.3 is 0 Å². The van der Waals surface area contributed by atoms with Crippen molar-refractivity contribution in [3.05, 3.63) is 41.5 Å². The third kappa shape index (κ3) is 3.31. The lowest BCUT2D eigenvalue weighted by molar-refractivity contribution is 0.0946. The molecule has 19 heavy (non-hydrogen) atoms. The summed E-state index contributed by atoms with van der Waals surface area (Å²) in [5.41, 5.74) is 0.490. The van der Waals surface area contributed by atoms with E-state index < -0.39 is 0 Å². The Morgan fingerprint density at radius 3 is 2.89 bits per heavy atom. The van der Waals surface area contributed by atoms with Crippen molar-refractivity contribution >= 4 is 5.91 Å². The molecule has 0 bridgehead atoms. The lowest BCUT2D eigenvalue weighted by Crippen LogP contribution is -2.24. The van der Waals surface area contributed by atoms with E-state index in [1.807, 2.05) is 13.0 Å². The van der Waals surface area contributed by atoms with E-state index in [1.165, 1.54) is 0 Å². The van der Waals surface area contributed by atoms with Crippen molar-refractivity contribution in [3.63, 3.8) is 0 Å². The van der Waals surface area contributed by atoms with Crippen molar-refractivity contribution in [2.24, 2.45) is 0 Å². The first kappa shape index (κ1) is 13.1. The van der Waals surface area contributed by atoms with E-state index in [0.717, 1.165) is 0 Å². The summed E-state index contributed by atoms with van der Waals surface area (Å²) in [4.78, 5) is 16.1. The van der Waals surface area contributed by atoms with Gasteiger partial charge in [0.1, 0.15) is 5.75 Å². The Hall–Kier alpha value is -2.37. The molecule has 6 nitrogen and oxygen atoms in total. The van der Waals surface area contributed by atoms with Gasteiger partial charge in [-0.1, -0.05) is 17.3 Å². The van der Waals surface area contributed by atoms with Crippen LogP contribution in [-0.2, 0) is 6.54 Å². The van der Waals surface area contributed by atoms with Crippen LogP contribution in [0, 0.1) is 6.92 Å². The number of nitrogens with zero attached hydrogens (tertiary/aromatic N) is 2. The van der Waals surface area contributed by atoms with Crippen molar-refractivity contribution in [1.29, 1.82) is 0 Å². The van der Waals surface area contributed by atoms with Crippen LogP contribution in [0.4, 0.5) is 0 Å². The number of benzene rings is 1. The smallest absolute Gasteiger partial charge is 0.255 e. The maximum atomic E-state index is 12.0. The van der Waals surface area contributed by atoms with E-state index in [0.29, 0.717) is 29.6 Å². The average Bonchev–Trinajstić information content (AvgIpc) is 2.83. The van der Waals surface area contributed by atoms with Gasteiger partial charge in [-0.25, -0.2) is 0 Å². The van der Waals surface area contributed by atoms with Crippen LogP contribution in [0.25, 0.3) is 0 Å². The average molecular weight is 261 g/mol. The molecule has 1 heterocycles. The summed E-state index contributed by atoms with van der Waals surface area (Å²) >= 11 is 0. The van der Waals surface area contributed by atoms with E-state index in [-0.39, 0.29) is 12.5 Å². The molecule has 0 radical (unpaired) electrons. The molecule has 1 N–H and O–H groups in total. The van der Waals surface area contributed by atoms with Crippen LogP contribution in [0.2, 0.25) is 0 Å². The molecule has 0 saturated carbocycles. The Morgan fingerprint density at radius 1 is 1.42 bits per heavy atom. The van der Waals surface area contributed by atoms with E-state index in [9.17, 15) is 4.79 Å². The molecule has 0 aliphatic heterocycles. The Bertz CT molecular complexity index is 566. The summed E-state index contributed by atoms with van der Waals surface area (Å²) in [6, 6.07) is 7.08. The predicted octanol–water partition coefficient (Wildman–Crippen LogP) is 1.71. The van der Waals surface area contributed by atoms with Gasteiger partial charge in [0, 0.05) is 6.92 Å². The van der Waals surface area contributed by atoms with E-state index in [1.54, 1.807) is 25.1 Å². The monoisotopic (exact) mass is 261 g/mol. The number of ether oxygens (including phenoxy) is 1. The van der Waals surface area contributed by atoms with Gasteiger partial charge in [-0.15, -0.1) is 0 Å². The third-order valence-corrected chi connectivity index (χ3v) is 2.41. The van der Waals surface area contributed by atoms with Crippen LogP contribution < -0.4 is 10.1 Å². The van der Waals surface area contributed by atoms with Gasteiger partial charge in [-0.3, -0.25) is 4.79 Å². The minimum atomic E-state index is -0.230. The predicted molar refractivity (Wildman–Crippen MR) is 67.8 cm³/mol. The number of carbonyl (C=O) groups is 1. The first-order valence-electron chi connectivity index (χ1n) is 6.00. The quantitative estimate of drug-likeness (QED) is 0.886. The molecule has 2 rings (SSSR count). The fourth-order valence-corrected chi connectivity index (χ4v) is 1.60. The summed E-state index contributed by atoms with van der Waals surface area (Å²) in [5, 5.41) is 6.43. The van der Waals surface area contributed by atoms with Crippen molar-refractivity contribution in [2.45, 2.75) is 20.4 Å². The molecule has 0 atom stereocenters. The largest absolute Gasteiger partial charge is 0.493 e. The number of carbonyl (C=O) groups excluding carboxylic acids is 1. The van der Waals surface area contributed by atoms with Crippen molar-refractivity contribution in [2.75, 3.05) is 6.61 Å². The second kappa shape index (κ2) is 5.99. The first-order valence-corrected chi connectivity index (χ1v) is 6.00. The van der Waals surface area contributed by atoms with E-state index in [2.05, 4.69) is 15.5 Å². The molecule has 1 amide bonds.